The molecule has 9 nitrogen and oxygen atoms in total. The Bertz CT molecular complexity index is 2000. The van der Waals surface area contributed by atoms with E-state index >= 15 is 0 Å². The highest BCUT2D eigenvalue weighted by Gasteiger charge is 2.25. The van der Waals surface area contributed by atoms with Crippen LogP contribution in [0, 0.1) is 18.8 Å². The lowest BCUT2D eigenvalue weighted by Crippen LogP contribution is -2.31. The summed E-state index contributed by atoms with van der Waals surface area (Å²) in [6, 6.07) is 19.4. The van der Waals surface area contributed by atoms with Gasteiger partial charge in [-0.25, -0.2) is 14.5 Å². The molecule has 1 amide bonds. The van der Waals surface area contributed by atoms with Crippen molar-refractivity contribution >= 4 is 17.2 Å². The van der Waals surface area contributed by atoms with Crippen LogP contribution in [-0.2, 0) is 0 Å². The van der Waals surface area contributed by atoms with Crippen LogP contribution in [-0.4, -0.2) is 34.9 Å². The maximum atomic E-state index is 14.1. The predicted molar refractivity (Wildman–Crippen MR) is 151 cm³/mol. The molecule has 0 aliphatic carbocycles. The average molecular weight is 526 g/mol. The summed E-state index contributed by atoms with van der Waals surface area (Å²) in [5.74, 6) is 5.85. The zero-order valence-corrected chi connectivity index (χ0v) is 21.7. The van der Waals surface area contributed by atoms with Crippen molar-refractivity contribution in [3.8, 4) is 23.0 Å². The number of hydrogen-bond donors (Lipinski definition) is 1. The Kier molecular flexibility index (Phi) is 6.34. The van der Waals surface area contributed by atoms with Crippen molar-refractivity contribution in [2.24, 2.45) is 0 Å². The topological polar surface area (TPSA) is 107 Å². The molecule has 0 radical (unpaired) electrons. The number of carbonyl (C=O) groups is 1. The Morgan fingerprint density at radius 2 is 1.75 bits per heavy atom. The van der Waals surface area contributed by atoms with E-state index in [-0.39, 0.29) is 11.5 Å². The van der Waals surface area contributed by atoms with Gasteiger partial charge in [0.15, 0.2) is 5.65 Å². The van der Waals surface area contributed by atoms with Crippen LogP contribution >= 0.6 is 0 Å². The molecule has 0 saturated carbocycles. The number of hydrogen-bond acceptors (Lipinski definition) is 6. The Labute approximate surface area is 229 Å². The minimum Gasteiger partial charge on any atom is -0.344 e. The highest BCUT2D eigenvalue weighted by Crippen LogP contribution is 2.25. The fourth-order valence-electron chi connectivity index (χ4n) is 4.66. The first kappa shape index (κ1) is 24.7. The maximum Gasteiger partial charge on any atom is 0.267 e. The zero-order chi connectivity index (χ0) is 27.6. The Morgan fingerprint density at radius 3 is 2.55 bits per heavy atom. The van der Waals surface area contributed by atoms with Crippen LogP contribution in [0.1, 0.15) is 46.0 Å². The Morgan fingerprint density at radius 1 is 0.950 bits per heavy atom. The molecule has 194 valence electrons. The lowest BCUT2D eigenvalue weighted by molar-refractivity contribution is 0.0940. The summed E-state index contributed by atoms with van der Waals surface area (Å²) in [6.45, 7) is 3.57. The van der Waals surface area contributed by atoms with Crippen molar-refractivity contribution in [3.05, 3.63) is 130 Å². The number of nitrogens with one attached hydrogen (secondary N) is 1. The van der Waals surface area contributed by atoms with Crippen LogP contribution in [0.2, 0.25) is 0 Å². The van der Waals surface area contributed by atoms with Crippen molar-refractivity contribution < 1.29 is 4.79 Å². The first-order chi connectivity index (χ1) is 19.5. The van der Waals surface area contributed by atoms with Gasteiger partial charge in [-0.05, 0) is 55.7 Å². The molecule has 6 rings (SSSR count). The molecule has 1 atom stereocenters. The monoisotopic (exact) mass is 525 g/mol. The van der Waals surface area contributed by atoms with Crippen molar-refractivity contribution in [2.45, 2.75) is 19.9 Å². The molecular formula is C31H23N7O2. The molecule has 5 aromatic heterocycles. The molecule has 0 saturated heterocycles. The van der Waals surface area contributed by atoms with E-state index in [1.807, 2.05) is 43.3 Å². The fraction of sp³-hybridized carbons (Fsp3) is 0.0968. The van der Waals surface area contributed by atoms with Gasteiger partial charge in [0.05, 0.1) is 23.0 Å². The van der Waals surface area contributed by atoms with Gasteiger partial charge in [-0.15, -0.1) is 0 Å². The lowest BCUT2D eigenvalue weighted by atomic mass is 10.0. The third-order valence-electron chi connectivity index (χ3n) is 6.51. The molecular weight excluding hydrogens is 502 g/mol. The van der Waals surface area contributed by atoms with E-state index in [1.165, 1.54) is 4.40 Å². The van der Waals surface area contributed by atoms with Gasteiger partial charge in [0, 0.05) is 30.4 Å². The van der Waals surface area contributed by atoms with Crippen molar-refractivity contribution in [1.82, 2.24) is 34.3 Å². The molecule has 40 heavy (non-hydrogen) atoms. The summed E-state index contributed by atoms with van der Waals surface area (Å²) in [5.41, 5.74) is 4.34. The van der Waals surface area contributed by atoms with E-state index in [1.54, 1.807) is 66.6 Å². The number of fused-ring (bicyclic) bond motifs is 2. The lowest BCUT2D eigenvalue weighted by Gasteiger charge is -2.18. The van der Waals surface area contributed by atoms with Crippen molar-refractivity contribution in [1.29, 1.82) is 0 Å². The SMILES string of the molecule is Cc1nn2cccnc2c1C(=O)N[C@@H](C)c1nc2cccc(C#Cc3ccncc3)n2c(=O)c1-c1ccccc1. The third kappa shape index (κ3) is 4.48. The quantitative estimate of drug-likeness (QED) is 0.349. The third-order valence-corrected chi connectivity index (χ3v) is 6.51. The number of benzene rings is 1. The van der Waals surface area contributed by atoms with Gasteiger partial charge >= 0.3 is 0 Å². The van der Waals surface area contributed by atoms with Crippen molar-refractivity contribution in [2.75, 3.05) is 0 Å². The van der Waals surface area contributed by atoms with Crippen LogP contribution in [0.4, 0.5) is 0 Å². The van der Waals surface area contributed by atoms with E-state index in [2.05, 4.69) is 32.2 Å². The number of pyridine rings is 2. The highest BCUT2D eigenvalue weighted by atomic mass is 16.2. The molecule has 9 heteroatoms. The van der Waals surface area contributed by atoms with E-state index in [4.69, 9.17) is 4.98 Å². The molecule has 0 unspecified atom stereocenters. The maximum absolute atomic E-state index is 14.1. The molecule has 5 heterocycles. The number of rotatable bonds is 4. The van der Waals surface area contributed by atoms with Crippen LogP contribution in [0.5, 0.6) is 0 Å². The van der Waals surface area contributed by atoms with E-state index in [0.717, 1.165) is 5.56 Å². The summed E-state index contributed by atoms with van der Waals surface area (Å²) >= 11 is 0. The van der Waals surface area contributed by atoms with Crippen molar-refractivity contribution in [3.63, 3.8) is 0 Å². The molecule has 1 N–H and O–H groups in total. The summed E-state index contributed by atoms with van der Waals surface area (Å²) in [4.78, 5) is 40.8. The molecule has 1 aromatic carbocycles. The molecule has 0 spiro atoms. The van der Waals surface area contributed by atoms with Crippen LogP contribution in [0.25, 0.3) is 22.4 Å². The van der Waals surface area contributed by atoms with E-state index < -0.39 is 6.04 Å². The van der Waals surface area contributed by atoms with E-state index in [0.29, 0.717) is 45.1 Å². The van der Waals surface area contributed by atoms with Gasteiger partial charge < -0.3 is 5.32 Å². The van der Waals surface area contributed by atoms with E-state index in [9.17, 15) is 9.59 Å². The first-order valence-corrected chi connectivity index (χ1v) is 12.6. The molecule has 0 aliphatic heterocycles. The van der Waals surface area contributed by atoms with Gasteiger partial charge in [-0.3, -0.25) is 19.0 Å². The summed E-state index contributed by atoms with van der Waals surface area (Å²) in [5, 5.41) is 7.41. The number of aryl methyl sites for hydroxylation is 1. The Balaban J connectivity index is 1.48. The number of aromatic nitrogens is 6. The van der Waals surface area contributed by atoms with Crippen LogP contribution in [0.3, 0.4) is 0 Å². The zero-order valence-electron chi connectivity index (χ0n) is 21.7. The highest BCUT2D eigenvalue weighted by molar-refractivity contribution is 6.01. The molecule has 0 aliphatic rings. The molecule has 0 fully saturated rings. The summed E-state index contributed by atoms with van der Waals surface area (Å²) in [6.07, 6.45) is 6.69. The molecule has 6 aromatic rings. The van der Waals surface area contributed by atoms with Gasteiger partial charge in [-0.1, -0.05) is 42.3 Å². The van der Waals surface area contributed by atoms with Gasteiger partial charge in [0.25, 0.3) is 11.5 Å². The Hall–Kier alpha value is -5.62. The smallest absolute Gasteiger partial charge is 0.267 e. The number of carbonyl (C=O) groups excluding carboxylic acids is 1. The first-order valence-electron chi connectivity index (χ1n) is 12.6. The largest absolute Gasteiger partial charge is 0.344 e. The fourth-order valence-corrected chi connectivity index (χ4v) is 4.66. The minimum atomic E-state index is -0.606. The summed E-state index contributed by atoms with van der Waals surface area (Å²) in [7, 11) is 0. The van der Waals surface area contributed by atoms with Crippen LogP contribution in [0.15, 0.2) is 96.3 Å². The predicted octanol–water partition coefficient (Wildman–Crippen LogP) is 4.00. The molecule has 0 bridgehead atoms. The minimum absolute atomic E-state index is 0.277. The van der Waals surface area contributed by atoms with Gasteiger partial charge in [0.1, 0.15) is 16.9 Å². The second-order valence-corrected chi connectivity index (χ2v) is 9.18. The summed E-state index contributed by atoms with van der Waals surface area (Å²) < 4.78 is 3.08. The second kappa shape index (κ2) is 10.3. The van der Waals surface area contributed by atoms with Gasteiger partial charge in [-0.2, -0.15) is 5.10 Å². The number of nitrogens with zero attached hydrogens (tertiary/aromatic N) is 6. The van der Waals surface area contributed by atoms with Crippen LogP contribution < -0.4 is 10.9 Å². The van der Waals surface area contributed by atoms with Gasteiger partial charge in [0.2, 0.25) is 0 Å². The average Bonchev–Trinajstić information content (AvgIpc) is 3.32. The standard InChI is InChI=1S/C31H23N7O2/c1-20-26(29-33-16-7-19-37(29)36-20)30(39)34-21(2)28-27(23-8-4-3-5-9-23)31(40)38-24(10-6-11-25(38)35-28)13-12-22-14-17-32-18-15-22/h3-11,14-19,21H,1-2H3,(H,34,39)/t21-/m0/s1. The normalized spacial score (nSPS) is 11.7. The second-order valence-electron chi connectivity index (χ2n) is 9.18. The number of amides is 1.